The predicted molar refractivity (Wildman–Crippen MR) is 114 cm³/mol. The number of ether oxygens (including phenoxy) is 3. The molecule has 9 heteroatoms. The third-order valence-electron chi connectivity index (χ3n) is 5.49. The maximum atomic E-state index is 11.6. The van der Waals surface area contributed by atoms with Gasteiger partial charge >= 0.3 is 0 Å². The smallest absolute Gasteiger partial charge is 0.231 e. The molecule has 5 rings (SSSR count). The van der Waals surface area contributed by atoms with Crippen molar-refractivity contribution < 1.29 is 22.6 Å². The van der Waals surface area contributed by atoms with E-state index in [-0.39, 0.29) is 12.9 Å². The van der Waals surface area contributed by atoms with Crippen LogP contribution < -0.4 is 14.8 Å². The molecule has 3 heterocycles. The molecular formula is C22H23N3O5S. The average Bonchev–Trinajstić information content (AvgIpc) is 3.39. The topological polar surface area (TPSA) is 91.7 Å². The summed E-state index contributed by atoms with van der Waals surface area (Å²) >= 11 is 0. The number of sulfone groups is 1. The highest BCUT2D eigenvalue weighted by Gasteiger charge is 2.24. The molecule has 1 N–H and O–H groups in total. The van der Waals surface area contributed by atoms with Crippen LogP contribution in [0.4, 0.5) is 0 Å². The second-order valence-corrected chi connectivity index (χ2v) is 9.73. The molecule has 1 atom stereocenters. The second kappa shape index (κ2) is 7.99. The first-order chi connectivity index (χ1) is 15.0. The molecule has 8 nitrogen and oxygen atoms in total. The number of rotatable bonds is 6. The summed E-state index contributed by atoms with van der Waals surface area (Å²) in [6.45, 7) is 2.71. The van der Waals surface area contributed by atoms with Crippen molar-refractivity contribution in [3.8, 4) is 22.8 Å². The van der Waals surface area contributed by atoms with E-state index in [1.165, 1.54) is 6.26 Å². The van der Waals surface area contributed by atoms with Crippen molar-refractivity contribution in [3.05, 3.63) is 60.0 Å². The Morgan fingerprint density at radius 1 is 1.13 bits per heavy atom. The molecule has 2 aromatic carbocycles. The minimum atomic E-state index is -3.17. The molecule has 0 saturated carbocycles. The lowest BCUT2D eigenvalue weighted by Crippen LogP contribution is -2.36. The highest BCUT2D eigenvalue weighted by molar-refractivity contribution is 7.90. The molecule has 0 radical (unpaired) electrons. The molecule has 1 aromatic heterocycles. The van der Waals surface area contributed by atoms with Crippen molar-refractivity contribution >= 4 is 9.84 Å². The molecule has 1 unspecified atom stereocenters. The molecule has 0 fully saturated rings. The zero-order chi connectivity index (χ0) is 21.4. The van der Waals surface area contributed by atoms with Crippen LogP contribution in [-0.2, 0) is 34.3 Å². The van der Waals surface area contributed by atoms with Crippen LogP contribution in [0.2, 0.25) is 0 Å². The second-order valence-electron chi connectivity index (χ2n) is 7.72. The average molecular weight is 442 g/mol. The molecule has 0 aliphatic carbocycles. The summed E-state index contributed by atoms with van der Waals surface area (Å²) in [7, 11) is -3.17. The van der Waals surface area contributed by atoms with E-state index in [4.69, 9.17) is 14.2 Å². The number of nitrogens with one attached hydrogen (secondary N) is 1. The molecule has 0 saturated heterocycles. The summed E-state index contributed by atoms with van der Waals surface area (Å²) in [4.78, 5) is 4.84. The number of aromatic nitrogens is 2. The SMILES string of the molecule is CS(=O)(=O)c1ccc(CNCC2Cn3c(-c4ccc5c(c4)OCO5)cnc3CO2)cc1. The number of imidazole rings is 1. The van der Waals surface area contributed by atoms with Gasteiger partial charge in [-0.1, -0.05) is 12.1 Å². The van der Waals surface area contributed by atoms with Gasteiger partial charge in [0.25, 0.3) is 0 Å². The molecule has 2 aliphatic heterocycles. The maximum Gasteiger partial charge on any atom is 0.231 e. The van der Waals surface area contributed by atoms with Gasteiger partial charge in [-0.05, 0) is 35.9 Å². The fraction of sp³-hybridized carbons (Fsp3) is 0.318. The summed E-state index contributed by atoms with van der Waals surface area (Å²) in [5.41, 5.74) is 3.08. The van der Waals surface area contributed by atoms with E-state index in [1.807, 2.05) is 36.5 Å². The van der Waals surface area contributed by atoms with Crippen molar-refractivity contribution in [1.29, 1.82) is 0 Å². The molecule has 31 heavy (non-hydrogen) atoms. The molecule has 2 aliphatic rings. The van der Waals surface area contributed by atoms with Crippen LogP contribution in [0.15, 0.2) is 53.6 Å². The van der Waals surface area contributed by atoms with E-state index < -0.39 is 9.84 Å². The maximum absolute atomic E-state index is 11.6. The first-order valence-corrected chi connectivity index (χ1v) is 11.9. The van der Waals surface area contributed by atoms with Gasteiger partial charge < -0.3 is 24.1 Å². The van der Waals surface area contributed by atoms with Crippen molar-refractivity contribution in [2.45, 2.75) is 30.7 Å². The Kier molecular flexibility index (Phi) is 5.17. The van der Waals surface area contributed by atoms with E-state index in [0.29, 0.717) is 31.1 Å². The highest BCUT2D eigenvalue weighted by atomic mass is 32.2. The Morgan fingerprint density at radius 2 is 1.94 bits per heavy atom. The van der Waals surface area contributed by atoms with Gasteiger partial charge in [-0.3, -0.25) is 0 Å². The van der Waals surface area contributed by atoms with Gasteiger partial charge in [0.2, 0.25) is 6.79 Å². The zero-order valence-electron chi connectivity index (χ0n) is 17.1. The van der Waals surface area contributed by atoms with Crippen LogP contribution in [0.25, 0.3) is 11.3 Å². The van der Waals surface area contributed by atoms with Gasteiger partial charge in [0.15, 0.2) is 21.3 Å². The number of fused-ring (bicyclic) bond motifs is 2. The Morgan fingerprint density at radius 3 is 2.74 bits per heavy atom. The minimum absolute atomic E-state index is 0.00440. The summed E-state index contributed by atoms with van der Waals surface area (Å²) < 4.78 is 42.2. The molecule has 3 aromatic rings. The predicted octanol–water partition coefficient (Wildman–Crippen LogP) is 2.37. The summed E-state index contributed by atoms with van der Waals surface area (Å²) in [6, 6.07) is 12.9. The quantitative estimate of drug-likeness (QED) is 0.628. The van der Waals surface area contributed by atoms with Gasteiger partial charge in [-0.15, -0.1) is 0 Å². The van der Waals surface area contributed by atoms with Gasteiger partial charge in [-0.2, -0.15) is 0 Å². The van der Waals surface area contributed by atoms with Crippen molar-refractivity contribution in [2.24, 2.45) is 0 Å². The fourth-order valence-electron chi connectivity index (χ4n) is 3.82. The van der Waals surface area contributed by atoms with E-state index in [2.05, 4.69) is 14.9 Å². The Balaban J connectivity index is 1.23. The van der Waals surface area contributed by atoms with Gasteiger partial charge in [0.1, 0.15) is 12.4 Å². The van der Waals surface area contributed by atoms with Crippen LogP contribution in [0, 0.1) is 0 Å². The number of hydrogen-bond acceptors (Lipinski definition) is 7. The van der Waals surface area contributed by atoms with E-state index in [9.17, 15) is 8.42 Å². The van der Waals surface area contributed by atoms with Gasteiger partial charge in [-0.25, -0.2) is 13.4 Å². The molecule has 162 valence electrons. The number of benzene rings is 2. The standard InChI is InChI=1S/C22H23N3O5S/c1-31(26,27)18-5-2-15(3-6-18)9-23-10-17-12-25-19(11-24-22(25)13-28-17)16-4-7-20-21(8-16)30-14-29-20/h2-8,11,17,23H,9-10,12-14H2,1H3. The monoisotopic (exact) mass is 441 g/mol. The Hall–Kier alpha value is -2.88. The van der Waals surface area contributed by atoms with E-state index in [1.54, 1.807) is 12.1 Å². The zero-order valence-corrected chi connectivity index (χ0v) is 17.9. The van der Waals surface area contributed by atoms with Gasteiger partial charge in [0, 0.05) is 24.9 Å². The van der Waals surface area contributed by atoms with Gasteiger partial charge in [0.05, 0.1) is 29.4 Å². The van der Waals surface area contributed by atoms with Crippen LogP contribution in [0.5, 0.6) is 11.5 Å². The Labute approximate surface area is 180 Å². The summed E-state index contributed by atoms with van der Waals surface area (Å²) in [6.07, 6.45) is 3.09. The lowest BCUT2D eigenvalue weighted by atomic mass is 10.1. The molecule has 0 bridgehead atoms. The van der Waals surface area contributed by atoms with Crippen molar-refractivity contribution in [2.75, 3.05) is 19.6 Å². The number of nitrogens with zero attached hydrogens (tertiary/aromatic N) is 2. The van der Waals surface area contributed by atoms with E-state index >= 15 is 0 Å². The van der Waals surface area contributed by atoms with E-state index in [0.717, 1.165) is 34.1 Å². The van der Waals surface area contributed by atoms with Crippen molar-refractivity contribution in [1.82, 2.24) is 14.9 Å². The Bertz CT molecular complexity index is 1200. The third kappa shape index (κ3) is 4.16. The normalized spacial score (nSPS) is 17.5. The largest absolute Gasteiger partial charge is 0.454 e. The molecule has 0 spiro atoms. The van der Waals surface area contributed by atoms with Crippen LogP contribution in [0.3, 0.4) is 0 Å². The summed E-state index contributed by atoms with van der Waals surface area (Å²) in [5.74, 6) is 2.41. The third-order valence-corrected chi connectivity index (χ3v) is 6.62. The first-order valence-electron chi connectivity index (χ1n) is 10.0. The first kappa shape index (κ1) is 20.0. The lowest BCUT2D eigenvalue weighted by molar-refractivity contribution is 0.00326. The van der Waals surface area contributed by atoms with Crippen LogP contribution in [-0.4, -0.2) is 43.7 Å². The van der Waals surface area contributed by atoms with Crippen LogP contribution in [0.1, 0.15) is 11.4 Å². The fourth-order valence-corrected chi connectivity index (χ4v) is 4.45. The van der Waals surface area contributed by atoms with Crippen LogP contribution >= 0.6 is 0 Å². The summed E-state index contributed by atoms with van der Waals surface area (Å²) in [5, 5.41) is 3.40. The highest BCUT2D eigenvalue weighted by Crippen LogP contribution is 2.36. The lowest BCUT2D eigenvalue weighted by Gasteiger charge is -2.26. The number of hydrogen-bond donors (Lipinski definition) is 1. The molecule has 0 amide bonds. The molecular weight excluding hydrogens is 418 g/mol. The minimum Gasteiger partial charge on any atom is -0.454 e. The van der Waals surface area contributed by atoms with Crippen molar-refractivity contribution in [3.63, 3.8) is 0 Å².